The number of nitrogens with one attached hydrogen (secondary N) is 1. The molecule has 0 aliphatic rings. The lowest BCUT2D eigenvalue weighted by molar-refractivity contribution is -0.119. The van der Waals surface area contributed by atoms with Crippen molar-refractivity contribution in [3.8, 4) is 10.6 Å². The van der Waals surface area contributed by atoms with Crippen molar-refractivity contribution in [2.45, 2.75) is 13.0 Å². The highest BCUT2D eigenvalue weighted by atomic mass is 32.1. The number of benzene rings is 1. The number of hydrogen-bond acceptors (Lipinski definition) is 5. The van der Waals surface area contributed by atoms with E-state index in [1.54, 1.807) is 6.07 Å². The minimum atomic E-state index is -0.964. The summed E-state index contributed by atoms with van der Waals surface area (Å²) in [5, 5.41) is 8.57. The Morgan fingerprint density at radius 3 is 2.76 bits per heavy atom. The van der Waals surface area contributed by atoms with Crippen molar-refractivity contribution in [3.63, 3.8) is 0 Å². The van der Waals surface area contributed by atoms with Gasteiger partial charge in [-0.3, -0.25) is 9.59 Å². The van der Waals surface area contributed by atoms with Crippen LogP contribution in [-0.2, 0) is 4.79 Å². The van der Waals surface area contributed by atoms with Gasteiger partial charge in [0.15, 0.2) is 0 Å². The summed E-state index contributed by atoms with van der Waals surface area (Å²) in [6.45, 7) is 1.50. The van der Waals surface area contributed by atoms with Crippen LogP contribution in [0.4, 0.5) is 15.8 Å². The molecule has 1 aromatic carbocycles. The molecule has 2 aromatic heterocycles. The molecule has 128 valence electrons. The molecule has 3 aromatic rings. The van der Waals surface area contributed by atoms with Crippen LogP contribution in [0.15, 0.2) is 52.6 Å². The van der Waals surface area contributed by atoms with Gasteiger partial charge in [-0.15, -0.1) is 11.3 Å². The lowest BCUT2D eigenvalue weighted by Gasteiger charge is -2.15. The first-order valence-electron chi connectivity index (χ1n) is 7.46. The maximum atomic E-state index is 13.7. The van der Waals surface area contributed by atoms with Crippen molar-refractivity contribution < 1.29 is 9.18 Å². The number of aromatic nitrogens is 2. The first-order valence-corrected chi connectivity index (χ1v) is 8.34. The highest BCUT2D eigenvalue weighted by molar-refractivity contribution is 7.13. The number of amides is 1. The normalized spacial score (nSPS) is 11.9. The number of nitrogen functional groups attached to an aromatic ring is 1. The van der Waals surface area contributed by atoms with Gasteiger partial charge >= 0.3 is 0 Å². The van der Waals surface area contributed by atoms with E-state index in [4.69, 9.17) is 5.73 Å². The molecule has 25 heavy (non-hydrogen) atoms. The van der Waals surface area contributed by atoms with Crippen molar-refractivity contribution in [1.82, 2.24) is 9.78 Å². The maximum absolute atomic E-state index is 13.7. The third kappa shape index (κ3) is 3.43. The molecule has 3 N–H and O–H groups in total. The number of para-hydroxylation sites is 1. The van der Waals surface area contributed by atoms with Gasteiger partial charge in [0.1, 0.15) is 23.2 Å². The van der Waals surface area contributed by atoms with Gasteiger partial charge in [-0.2, -0.15) is 5.10 Å². The Morgan fingerprint density at radius 1 is 1.32 bits per heavy atom. The fourth-order valence-electron chi connectivity index (χ4n) is 2.25. The van der Waals surface area contributed by atoms with E-state index < -0.39 is 23.3 Å². The van der Waals surface area contributed by atoms with Crippen LogP contribution in [-0.4, -0.2) is 15.7 Å². The molecule has 1 atom stereocenters. The van der Waals surface area contributed by atoms with Crippen LogP contribution in [0.25, 0.3) is 10.6 Å². The Bertz CT molecular complexity index is 969. The average Bonchev–Trinajstić information content (AvgIpc) is 3.13. The van der Waals surface area contributed by atoms with Crippen molar-refractivity contribution in [1.29, 1.82) is 0 Å². The molecule has 0 radical (unpaired) electrons. The van der Waals surface area contributed by atoms with Crippen LogP contribution in [0.3, 0.4) is 0 Å². The van der Waals surface area contributed by atoms with Gasteiger partial charge in [0, 0.05) is 0 Å². The molecule has 2 heterocycles. The largest absolute Gasteiger partial charge is 0.394 e. The monoisotopic (exact) mass is 358 g/mol. The van der Waals surface area contributed by atoms with E-state index in [0.29, 0.717) is 5.69 Å². The van der Waals surface area contributed by atoms with E-state index >= 15 is 0 Å². The first-order chi connectivity index (χ1) is 12.0. The number of nitrogens with zero attached hydrogens (tertiary/aromatic N) is 2. The molecule has 0 aliphatic heterocycles. The molecular weight excluding hydrogens is 343 g/mol. The lowest BCUT2D eigenvalue weighted by atomic mass is 10.2. The van der Waals surface area contributed by atoms with Crippen LogP contribution in [0.2, 0.25) is 0 Å². The number of nitrogens with two attached hydrogens (primary N) is 1. The van der Waals surface area contributed by atoms with Gasteiger partial charge in [-0.1, -0.05) is 18.2 Å². The molecule has 6 nitrogen and oxygen atoms in total. The highest BCUT2D eigenvalue weighted by Crippen LogP contribution is 2.23. The number of halogens is 1. The quantitative estimate of drug-likeness (QED) is 0.750. The topological polar surface area (TPSA) is 90.0 Å². The predicted molar refractivity (Wildman–Crippen MR) is 96.0 cm³/mol. The zero-order valence-electron chi connectivity index (χ0n) is 13.3. The van der Waals surface area contributed by atoms with Gasteiger partial charge < -0.3 is 11.1 Å². The Labute approximate surface area is 146 Å². The zero-order chi connectivity index (χ0) is 18.0. The fraction of sp³-hybridized carbons (Fsp3) is 0.118. The van der Waals surface area contributed by atoms with Gasteiger partial charge in [0.25, 0.3) is 5.56 Å². The van der Waals surface area contributed by atoms with Crippen molar-refractivity contribution in [2.24, 2.45) is 0 Å². The first kappa shape index (κ1) is 16.8. The number of rotatable bonds is 4. The Balaban J connectivity index is 1.94. The second kappa shape index (κ2) is 6.86. The Hall–Kier alpha value is -3.00. The van der Waals surface area contributed by atoms with Crippen molar-refractivity contribution in [3.05, 3.63) is 64.0 Å². The number of anilines is 2. The van der Waals surface area contributed by atoms with Crippen molar-refractivity contribution >= 4 is 28.6 Å². The molecular formula is C17H15FN4O2S. The zero-order valence-corrected chi connectivity index (χ0v) is 14.1. The molecule has 1 unspecified atom stereocenters. The predicted octanol–water partition coefficient (Wildman–Crippen LogP) is 2.89. The number of carbonyl (C=O) groups is 1. The van der Waals surface area contributed by atoms with E-state index in [1.165, 1.54) is 42.5 Å². The van der Waals surface area contributed by atoms with Crippen LogP contribution in [0, 0.1) is 5.82 Å². The summed E-state index contributed by atoms with van der Waals surface area (Å²) in [7, 11) is 0. The van der Waals surface area contributed by atoms with E-state index in [0.717, 1.165) is 9.56 Å². The average molecular weight is 358 g/mol. The summed E-state index contributed by atoms with van der Waals surface area (Å²) >= 11 is 1.44. The lowest BCUT2D eigenvalue weighted by Crippen LogP contribution is -2.34. The maximum Gasteiger partial charge on any atom is 0.290 e. The third-order valence-corrected chi connectivity index (χ3v) is 4.51. The van der Waals surface area contributed by atoms with Crippen LogP contribution in [0.5, 0.6) is 0 Å². The summed E-state index contributed by atoms with van der Waals surface area (Å²) in [5.41, 5.74) is 5.73. The molecule has 3 rings (SSSR count). The van der Waals surface area contributed by atoms with Crippen LogP contribution >= 0.6 is 11.3 Å². The van der Waals surface area contributed by atoms with Gasteiger partial charge in [-0.25, -0.2) is 9.07 Å². The standard InChI is InChI=1S/C17H15FN4O2S/c1-10(16(23)20-13-6-3-2-5-11(13)18)22-17(24)12(19)9-14(21-22)15-7-4-8-25-15/h2-10H,19H2,1H3,(H,20,23). The molecule has 0 aliphatic carbocycles. The molecule has 0 bridgehead atoms. The van der Waals surface area contributed by atoms with E-state index in [2.05, 4.69) is 10.4 Å². The van der Waals surface area contributed by atoms with E-state index in [9.17, 15) is 14.0 Å². The van der Waals surface area contributed by atoms with Crippen molar-refractivity contribution in [2.75, 3.05) is 11.1 Å². The minimum absolute atomic E-state index is 0.0102. The summed E-state index contributed by atoms with van der Waals surface area (Å²) in [4.78, 5) is 25.5. The Morgan fingerprint density at radius 2 is 2.08 bits per heavy atom. The van der Waals surface area contributed by atoms with E-state index in [1.807, 2.05) is 17.5 Å². The summed E-state index contributed by atoms with van der Waals surface area (Å²) in [6.07, 6.45) is 0. The van der Waals surface area contributed by atoms with Gasteiger partial charge in [-0.05, 0) is 36.6 Å². The third-order valence-electron chi connectivity index (χ3n) is 3.61. The van der Waals surface area contributed by atoms with Gasteiger partial charge in [0.2, 0.25) is 5.91 Å². The highest BCUT2D eigenvalue weighted by Gasteiger charge is 2.21. The molecule has 8 heteroatoms. The molecule has 0 saturated carbocycles. The summed E-state index contributed by atoms with van der Waals surface area (Å²) in [6, 6.07) is 10.00. The minimum Gasteiger partial charge on any atom is -0.394 e. The molecule has 0 fully saturated rings. The smallest absolute Gasteiger partial charge is 0.290 e. The van der Waals surface area contributed by atoms with Crippen LogP contribution in [0.1, 0.15) is 13.0 Å². The summed E-state index contributed by atoms with van der Waals surface area (Å²) < 4.78 is 14.7. The molecule has 1 amide bonds. The van der Waals surface area contributed by atoms with Crippen LogP contribution < -0.4 is 16.6 Å². The van der Waals surface area contributed by atoms with Gasteiger partial charge in [0.05, 0.1) is 10.6 Å². The van der Waals surface area contributed by atoms with E-state index in [-0.39, 0.29) is 11.4 Å². The number of carbonyl (C=O) groups excluding carboxylic acids is 1. The number of thiophene rings is 1. The molecule has 0 spiro atoms. The summed E-state index contributed by atoms with van der Waals surface area (Å²) in [5.74, 6) is -1.13. The second-order valence-corrected chi connectivity index (χ2v) is 6.30. The fourth-order valence-corrected chi connectivity index (χ4v) is 2.93. The Kier molecular flexibility index (Phi) is 4.62. The molecule has 0 saturated heterocycles. The second-order valence-electron chi connectivity index (χ2n) is 5.36. The number of hydrogen-bond donors (Lipinski definition) is 2. The SMILES string of the molecule is CC(C(=O)Nc1ccccc1F)n1nc(-c2cccs2)cc(N)c1=O.